The molecule has 5 N–H and O–H groups in total. The Morgan fingerprint density at radius 2 is 1.79 bits per heavy atom. The molecular formula is C29H34O10. The van der Waals surface area contributed by atoms with E-state index in [0.717, 1.165) is 22.8 Å². The number of aromatic hydroxyl groups is 1. The summed E-state index contributed by atoms with van der Waals surface area (Å²) in [6, 6.07) is 7.91. The number of carbonyl (C=O) groups is 2. The summed E-state index contributed by atoms with van der Waals surface area (Å²) >= 11 is 0. The lowest BCUT2D eigenvalue weighted by Crippen LogP contribution is -2.60. The molecule has 1 heterocycles. The number of Topliss-reactive ketones (excluding diaryl/α,β-unsaturated/α-hetero) is 1. The topological polar surface area (TPSA) is 163 Å². The number of phenols is 1. The second-order valence-electron chi connectivity index (χ2n) is 9.98. The van der Waals surface area contributed by atoms with Gasteiger partial charge in [-0.05, 0) is 66.3 Å². The van der Waals surface area contributed by atoms with Gasteiger partial charge >= 0.3 is 5.97 Å². The monoisotopic (exact) mass is 542 g/mol. The highest BCUT2D eigenvalue weighted by Gasteiger charge is 2.49. The van der Waals surface area contributed by atoms with Gasteiger partial charge in [-0.15, -0.1) is 0 Å². The molecule has 2 aliphatic rings. The van der Waals surface area contributed by atoms with Gasteiger partial charge in [-0.25, -0.2) is 4.79 Å². The third-order valence-corrected chi connectivity index (χ3v) is 7.41. The summed E-state index contributed by atoms with van der Waals surface area (Å²) in [6.45, 7) is 4.73. The van der Waals surface area contributed by atoms with Gasteiger partial charge in [-0.2, -0.15) is 0 Å². The molecule has 10 heteroatoms. The fraction of sp³-hybridized carbons (Fsp3) is 0.448. The molecule has 7 atom stereocenters. The molecule has 1 fully saturated rings. The van der Waals surface area contributed by atoms with Crippen LogP contribution in [0.2, 0.25) is 0 Å². The second-order valence-corrected chi connectivity index (χ2v) is 9.98. The molecule has 0 amide bonds. The standard InChI is InChI=1S/C29H34O10/c1-14-12-20-23(15(2)19(14)10-11-30)24(34)16(3)27(20)39-29-26(36)25(35)28(21(13-31)37-29)38-22(33)9-6-17-4-7-18(32)8-5-17/h4-9,12,16,21,25-32,35-36H,10-11,13H2,1-3H3/b9-6+/t16-,21+,25+,26+,27-,28+,29-/m0/s1. The van der Waals surface area contributed by atoms with Crippen molar-refractivity contribution >= 4 is 17.8 Å². The summed E-state index contributed by atoms with van der Waals surface area (Å²) in [7, 11) is 0. The number of hydrogen-bond acceptors (Lipinski definition) is 10. The van der Waals surface area contributed by atoms with Gasteiger partial charge in [-0.3, -0.25) is 4.79 Å². The smallest absolute Gasteiger partial charge is 0.331 e. The lowest BCUT2D eigenvalue weighted by Gasteiger charge is -2.42. The van der Waals surface area contributed by atoms with Gasteiger partial charge in [0.25, 0.3) is 0 Å². The number of fused-ring (bicyclic) bond motifs is 1. The molecule has 1 aliphatic carbocycles. The molecular weight excluding hydrogens is 508 g/mol. The molecule has 0 spiro atoms. The Bertz CT molecular complexity index is 1240. The summed E-state index contributed by atoms with van der Waals surface area (Å²) in [5, 5.41) is 50.3. The number of aliphatic hydroxyl groups excluding tert-OH is 4. The summed E-state index contributed by atoms with van der Waals surface area (Å²) < 4.78 is 17.1. The minimum Gasteiger partial charge on any atom is -0.508 e. The highest BCUT2D eigenvalue weighted by Crippen LogP contribution is 2.43. The summed E-state index contributed by atoms with van der Waals surface area (Å²) in [5.74, 6) is -1.51. The van der Waals surface area contributed by atoms with Crippen LogP contribution >= 0.6 is 0 Å². The van der Waals surface area contributed by atoms with E-state index in [1.54, 1.807) is 19.1 Å². The van der Waals surface area contributed by atoms with Crippen LogP contribution in [-0.4, -0.2) is 81.2 Å². The van der Waals surface area contributed by atoms with Gasteiger partial charge < -0.3 is 39.7 Å². The number of ether oxygens (including phenoxy) is 3. The van der Waals surface area contributed by atoms with Crippen LogP contribution in [0, 0.1) is 19.8 Å². The maximum absolute atomic E-state index is 13.1. The molecule has 10 nitrogen and oxygen atoms in total. The molecule has 210 valence electrons. The lowest BCUT2D eigenvalue weighted by molar-refractivity contribution is -0.315. The van der Waals surface area contributed by atoms with Crippen molar-refractivity contribution in [3.05, 3.63) is 69.8 Å². The van der Waals surface area contributed by atoms with E-state index < -0.39 is 55.3 Å². The first-order valence-electron chi connectivity index (χ1n) is 12.8. The molecule has 0 unspecified atom stereocenters. The van der Waals surface area contributed by atoms with Crippen molar-refractivity contribution in [2.75, 3.05) is 13.2 Å². The summed E-state index contributed by atoms with van der Waals surface area (Å²) in [6.07, 6.45) is -5.11. The number of ketones is 1. The molecule has 0 radical (unpaired) electrons. The van der Waals surface area contributed by atoms with Crippen LogP contribution in [0.25, 0.3) is 6.08 Å². The fourth-order valence-corrected chi connectivity index (χ4v) is 5.31. The first-order valence-corrected chi connectivity index (χ1v) is 12.8. The third-order valence-electron chi connectivity index (χ3n) is 7.41. The molecule has 0 bridgehead atoms. The number of rotatable bonds is 8. The minimum absolute atomic E-state index is 0.0506. The molecule has 1 aliphatic heterocycles. The highest BCUT2D eigenvalue weighted by atomic mass is 16.7. The Hall–Kier alpha value is -3.12. The van der Waals surface area contributed by atoms with E-state index in [9.17, 15) is 35.1 Å². The van der Waals surface area contributed by atoms with Crippen LogP contribution in [0.4, 0.5) is 0 Å². The van der Waals surface area contributed by atoms with Gasteiger partial charge in [0, 0.05) is 18.2 Å². The van der Waals surface area contributed by atoms with Crippen LogP contribution in [0.1, 0.15) is 51.2 Å². The molecule has 2 aromatic carbocycles. The van der Waals surface area contributed by atoms with E-state index in [1.807, 2.05) is 19.9 Å². The Labute approximate surface area is 226 Å². The Morgan fingerprint density at radius 1 is 1.10 bits per heavy atom. The van der Waals surface area contributed by atoms with Gasteiger partial charge in [0.1, 0.15) is 24.1 Å². The van der Waals surface area contributed by atoms with Gasteiger partial charge in [-0.1, -0.05) is 25.1 Å². The van der Waals surface area contributed by atoms with Crippen LogP contribution in [0.3, 0.4) is 0 Å². The largest absolute Gasteiger partial charge is 0.508 e. The van der Waals surface area contributed by atoms with Gasteiger partial charge in [0.15, 0.2) is 18.2 Å². The SMILES string of the molecule is Cc1cc2c(c(C)c1CCO)C(=O)[C@H](C)[C@@H]2O[C@@H]1O[C@H](CO)[C@@H](OC(=O)/C=C/c2ccc(O)cc2)[C@H](O)[C@H]1O. The zero-order chi connectivity index (χ0) is 28.4. The van der Waals surface area contributed by atoms with Crippen molar-refractivity contribution < 1.29 is 49.3 Å². The average molecular weight is 543 g/mol. The van der Waals surface area contributed by atoms with Crippen molar-refractivity contribution in [1.82, 2.24) is 0 Å². The van der Waals surface area contributed by atoms with Crippen molar-refractivity contribution in [2.45, 2.75) is 64.0 Å². The first kappa shape index (κ1) is 28.9. The van der Waals surface area contributed by atoms with E-state index in [2.05, 4.69) is 0 Å². The number of hydrogen-bond donors (Lipinski definition) is 5. The van der Waals surface area contributed by atoms with E-state index in [1.165, 1.54) is 18.2 Å². The van der Waals surface area contributed by atoms with Gasteiger partial charge in [0.05, 0.1) is 18.6 Å². The maximum Gasteiger partial charge on any atom is 0.331 e. The number of esters is 1. The first-order chi connectivity index (χ1) is 18.6. The van der Waals surface area contributed by atoms with Crippen molar-refractivity contribution in [1.29, 1.82) is 0 Å². The predicted octanol–water partition coefficient (Wildman–Crippen LogP) is 1.50. The molecule has 0 saturated carbocycles. The van der Waals surface area contributed by atoms with Crippen LogP contribution < -0.4 is 0 Å². The maximum atomic E-state index is 13.1. The van der Waals surface area contributed by atoms with Crippen LogP contribution in [-0.2, 0) is 25.4 Å². The summed E-state index contributed by atoms with van der Waals surface area (Å²) in [4.78, 5) is 25.6. The number of aryl methyl sites for hydroxylation is 1. The Morgan fingerprint density at radius 3 is 2.44 bits per heavy atom. The van der Waals surface area contributed by atoms with E-state index in [4.69, 9.17) is 14.2 Å². The van der Waals surface area contributed by atoms with Crippen molar-refractivity contribution in [3.63, 3.8) is 0 Å². The molecule has 0 aromatic heterocycles. The van der Waals surface area contributed by atoms with Crippen molar-refractivity contribution in [2.24, 2.45) is 5.92 Å². The van der Waals surface area contributed by atoms with Gasteiger partial charge in [0.2, 0.25) is 0 Å². The Balaban J connectivity index is 1.50. The molecule has 1 saturated heterocycles. The second kappa shape index (κ2) is 12.0. The van der Waals surface area contributed by atoms with E-state index >= 15 is 0 Å². The number of aliphatic hydroxyl groups is 4. The normalized spacial score (nSPS) is 28.6. The highest BCUT2D eigenvalue weighted by molar-refractivity contribution is 6.04. The predicted molar refractivity (Wildman–Crippen MR) is 139 cm³/mol. The minimum atomic E-state index is -1.64. The van der Waals surface area contributed by atoms with E-state index in [0.29, 0.717) is 23.1 Å². The number of carbonyl (C=O) groups excluding carboxylic acids is 2. The number of benzene rings is 2. The Kier molecular flexibility index (Phi) is 8.85. The quantitative estimate of drug-likeness (QED) is 0.244. The van der Waals surface area contributed by atoms with E-state index in [-0.39, 0.29) is 18.1 Å². The fourth-order valence-electron chi connectivity index (χ4n) is 5.31. The zero-order valence-electron chi connectivity index (χ0n) is 22.0. The van der Waals surface area contributed by atoms with Crippen LogP contribution in [0.15, 0.2) is 36.4 Å². The third kappa shape index (κ3) is 5.76. The van der Waals surface area contributed by atoms with Crippen LogP contribution in [0.5, 0.6) is 5.75 Å². The molecule has 4 rings (SSSR count). The number of phenolic OH excluding ortho intramolecular Hbond substituents is 1. The average Bonchev–Trinajstić information content (AvgIpc) is 3.14. The lowest BCUT2D eigenvalue weighted by atomic mass is 9.92. The zero-order valence-corrected chi connectivity index (χ0v) is 22.0. The molecule has 39 heavy (non-hydrogen) atoms. The summed E-state index contributed by atoms with van der Waals surface area (Å²) in [5.41, 5.74) is 4.31. The molecule has 2 aromatic rings. The van der Waals surface area contributed by atoms with Crippen molar-refractivity contribution in [3.8, 4) is 5.75 Å².